The van der Waals surface area contributed by atoms with Gasteiger partial charge >= 0.3 is 0 Å². The molecule has 7 heterocycles. The molecule has 7 aliphatic heterocycles. The lowest BCUT2D eigenvalue weighted by Crippen LogP contribution is -2.43. The van der Waals surface area contributed by atoms with Crippen molar-refractivity contribution < 1.29 is 0 Å². The van der Waals surface area contributed by atoms with Crippen molar-refractivity contribution in [1.29, 1.82) is 0 Å². The fourth-order valence-electron chi connectivity index (χ4n) is 11.3. The lowest BCUT2D eigenvalue weighted by atomic mass is 9.71. The first-order chi connectivity index (χ1) is 20.7. The van der Waals surface area contributed by atoms with Crippen molar-refractivity contribution in [3.05, 3.63) is 0 Å². The van der Waals surface area contributed by atoms with E-state index in [4.69, 9.17) is 0 Å². The van der Waals surface area contributed by atoms with Gasteiger partial charge in [0, 0.05) is 18.6 Å². The molecule has 240 valence electrons. The van der Waals surface area contributed by atoms with E-state index < -0.39 is 0 Å². The topological polar surface area (TPSA) is 18.5 Å². The van der Waals surface area contributed by atoms with E-state index in [0.717, 1.165) is 35.8 Å². The summed E-state index contributed by atoms with van der Waals surface area (Å²) in [5.41, 5.74) is 0. The van der Waals surface area contributed by atoms with Crippen LogP contribution in [-0.2, 0) is 0 Å². The molecule has 16 aliphatic rings. The van der Waals surface area contributed by atoms with Gasteiger partial charge in [-0.25, -0.2) is 0 Å². The maximum absolute atomic E-state index is 3.42. The molecular weight excluding hydrogens is 510 g/mol. The molecule has 0 aromatic rings. The summed E-state index contributed by atoms with van der Waals surface area (Å²) in [4.78, 5) is 5.14. The van der Waals surface area contributed by atoms with Crippen molar-refractivity contribution in [2.24, 2.45) is 47.3 Å². The van der Waals surface area contributed by atoms with Crippen LogP contribution in [0.2, 0.25) is 0 Å². The molecule has 9 saturated carbocycles. The highest BCUT2D eigenvalue weighted by Gasteiger charge is 2.36. The zero-order valence-electron chi connectivity index (χ0n) is 27.7. The molecule has 1 N–H and O–H groups in total. The first-order valence-corrected chi connectivity index (χ1v) is 19.9. The van der Waals surface area contributed by atoms with Gasteiger partial charge in [-0.2, -0.15) is 0 Å². The van der Waals surface area contributed by atoms with Crippen LogP contribution in [-0.4, -0.2) is 61.2 Å². The highest BCUT2D eigenvalue weighted by Crippen LogP contribution is 2.48. The summed E-state index contributed by atoms with van der Waals surface area (Å²) in [6.07, 6.45) is 35.3. The Morgan fingerprint density at radius 2 is 0.619 bits per heavy atom. The molecule has 2 atom stereocenters. The molecule has 9 aliphatic carbocycles. The lowest BCUT2D eigenvalue weighted by molar-refractivity contribution is 0.111. The van der Waals surface area contributed by atoms with E-state index in [9.17, 15) is 0 Å². The third-order valence-electron chi connectivity index (χ3n) is 14.6. The Labute approximate surface area is 261 Å². The molecule has 16 fully saturated rings. The van der Waals surface area contributed by atoms with Gasteiger partial charge in [-0.3, -0.25) is 0 Å². The Morgan fingerprint density at radius 3 is 0.762 bits per heavy atom. The van der Waals surface area contributed by atoms with Gasteiger partial charge in [0.2, 0.25) is 0 Å². The van der Waals surface area contributed by atoms with Crippen molar-refractivity contribution in [2.75, 3.05) is 39.3 Å². The average Bonchev–Trinajstić information content (AvgIpc) is 3.89. The number of nitrogens with zero attached hydrogens (tertiary/aromatic N) is 2. The normalized spacial score (nSPS) is 48.0. The molecule has 0 aromatic carbocycles. The van der Waals surface area contributed by atoms with E-state index in [1.807, 2.05) is 0 Å². The van der Waals surface area contributed by atoms with Crippen LogP contribution in [0.4, 0.5) is 0 Å². The third-order valence-corrected chi connectivity index (χ3v) is 14.6. The van der Waals surface area contributed by atoms with E-state index in [2.05, 4.69) is 15.1 Å². The Morgan fingerprint density at radius 1 is 0.286 bits per heavy atom. The van der Waals surface area contributed by atoms with Crippen LogP contribution in [0.25, 0.3) is 0 Å². The van der Waals surface area contributed by atoms with E-state index in [0.29, 0.717) is 0 Å². The molecule has 16 rings (SSSR count). The summed E-state index contributed by atoms with van der Waals surface area (Å²) in [7, 11) is 0. The van der Waals surface area contributed by atoms with Crippen molar-refractivity contribution in [1.82, 2.24) is 15.1 Å². The first kappa shape index (κ1) is 30.5. The number of piperidine rings is 4. The van der Waals surface area contributed by atoms with Crippen molar-refractivity contribution >= 4 is 0 Å². The standard InChI is InChI=1S/C8H14.C7H13N.C7H12.C6H11N.C6H10.C5H9N/c1-2-8-5-3-7(1)4-6-8;1-4-8-5-2-7(1)3-6-8;1-2-7-4-3-6(1)5-7;1-3-7-4-2-6(1)5-7;1-2-6-3-5(1)4-6;1-2-5-3-4(1)6-5/h7-8H,1-6H2;7H,1-6H2;6-7H,1-5H2;6H,1-5H2;5-6H,1-4H2;4-6H,1-3H2. The number of hydrogen-bond donors (Lipinski definition) is 1. The van der Waals surface area contributed by atoms with Gasteiger partial charge in [-0.15, -0.1) is 0 Å². The maximum atomic E-state index is 3.42. The lowest BCUT2D eigenvalue weighted by Gasteiger charge is -2.38. The van der Waals surface area contributed by atoms with Crippen LogP contribution < -0.4 is 5.32 Å². The second-order valence-electron chi connectivity index (χ2n) is 17.6. The van der Waals surface area contributed by atoms with Gasteiger partial charge in [-0.1, -0.05) is 77.0 Å². The average molecular weight is 580 g/mol. The van der Waals surface area contributed by atoms with Crippen molar-refractivity contribution in [2.45, 2.75) is 160 Å². The van der Waals surface area contributed by atoms with Gasteiger partial charge in [0.25, 0.3) is 0 Å². The van der Waals surface area contributed by atoms with E-state index in [1.165, 1.54) is 114 Å². The molecule has 2 unspecified atom stereocenters. The molecule has 3 heteroatoms. The maximum Gasteiger partial charge on any atom is 0.00850 e. The van der Waals surface area contributed by atoms with Gasteiger partial charge in [0.15, 0.2) is 0 Å². The number of rotatable bonds is 0. The number of fused-ring (bicyclic) bond motifs is 12. The van der Waals surface area contributed by atoms with Gasteiger partial charge in [0.1, 0.15) is 0 Å². The number of nitrogens with one attached hydrogen (secondary N) is 1. The highest BCUT2D eigenvalue weighted by molar-refractivity contribution is 4.96. The Hall–Kier alpha value is -0.120. The monoisotopic (exact) mass is 580 g/mol. The Bertz CT molecular complexity index is 610. The largest absolute Gasteiger partial charge is 0.311 e. The minimum atomic E-state index is 0.940. The molecule has 7 saturated heterocycles. The molecule has 0 spiro atoms. The SMILES string of the molecule is C1CC2CC1C2.C1CC2CC1N2.C1CC2CCC1C2.C1CC2CCC1CC2.C1CN2CCC1C2.C1CN2CCC1CC2. The van der Waals surface area contributed by atoms with E-state index in [-0.39, 0.29) is 0 Å². The van der Waals surface area contributed by atoms with Gasteiger partial charge in [-0.05, 0) is 151 Å². The first-order valence-electron chi connectivity index (χ1n) is 19.9. The second-order valence-corrected chi connectivity index (χ2v) is 17.6. The van der Waals surface area contributed by atoms with Crippen LogP contribution in [0.5, 0.6) is 0 Å². The predicted octanol–water partition coefficient (Wildman–Crippen LogP) is 8.91. The molecule has 0 radical (unpaired) electrons. The van der Waals surface area contributed by atoms with Gasteiger partial charge < -0.3 is 15.1 Å². The quantitative estimate of drug-likeness (QED) is 0.309. The van der Waals surface area contributed by atoms with Crippen LogP contribution >= 0.6 is 0 Å². The fraction of sp³-hybridized carbons (Fsp3) is 1.00. The summed E-state index contributed by atoms with van der Waals surface area (Å²) in [6, 6.07) is 1.88. The minimum absolute atomic E-state index is 0.940. The fourth-order valence-corrected chi connectivity index (χ4v) is 11.3. The zero-order valence-corrected chi connectivity index (χ0v) is 27.7. The Kier molecular flexibility index (Phi) is 10.9. The highest BCUT2D eigenvalue weighted by atomic mass is 15.2. The molecule has 3 nitrogen and oxygen atoms in total. The summed E-state index contributed by atoms with van der Waals surface area (Å²) < 4.78 is 0. The van der Waals surface area contributed by atoms with Crippen LogP contribution in [0.3, 0.4) is 0 Å². The summed E-state index contributed by atoms with van der Waals surface area (Å²) in [6.45, 7) is 8.38. The molecule has 0 aromatic heterocycles. The van der Waals surface area contributed by atoms with E-state index in [1.54, 1.807) is 96.3 Å². The zero-order chi connectivity index (χ0) is 28.1. The smallest absolute Gasteiger partial charge is 0.00850 e. The summed E-state index contributed by atoms with van der Waals surface area (Å²) in [5, 5.41) is 3.42. The summed E-state index contributed by atoms with van der Waals surface area (Å²) >= 11 is 0. The predicted molar refractivity (Wildman–Crippen MR) is 178 cm³/mol. The van der Waals surface area contributed by atoms with Crippen molar-refractivity contribution in [3.63, 3.8) is 0 Å². The van der Waals surface area contributed by atoms with Crippen molar-refractivity contribution in [3.8, 4) is 0 Å². The molecule has 12 bridgehead atoms. The van der Waals surface area contributed by atoms with Crippen LogP contribution in [0.15, 0.2) is 0 Å². The molecule has 0 amide bonds. The second kappa shape index (κ2) is 15.0. The van der Waals surface area contributed by atoms with Gasteiger partial charge in [0.05, 0.1) is 0 Å². The third kappa shape index (κ3) is 8.57. The van der Waals surface area contributed by atoms with E-state index >= 15 is 0 Å². The molecule has 42 heavy (non-hydrogen) atoms. The Balaban J connectivity index is 0.0000000825. The van der Waals surface area contributed by atoms with Crippen LogP contribution in [0.1, 0.15) is 148 Å². The van der Waals surface area contributed by atoms with Crippen LogP contribution in [0, 0.1) is 47.3 Å². The number of hydrogen-bond acceptors (Lipinski definition) is 3. The molecular formula is C39H69N3. The summed E-state index contributed by atoms with van der Waals surface area (Å²) in [5.74, 6) is 9.24. The minimum Gasteiger partial charge on any atom is -0.311 e.